The van der Waals surface area contributed by atoms with E-state index >= 15 is 0 Å². The van der Waals surface area contributed by atoms with E-state index in [1.54, 1.807) is 6.07 Å². The van der Waals surface area contributed by atoms with Crippen LogP contribution in [0, 0.1) is 18.8 Å². The molecule has 2 N–H and O–H groups in total. The predicted octanol–water partition coefficient (Wildman–Crippen LogP) is 2.42. The van der Waals surface area contributed by atoms with Crippen molar-refractivity contribution in [3.05, 3.63) is 28.2 Å². The fourth-order valence-electron chi connectivity index (χ4n) is 1.66. The topological polar surface area (TPSA) is 66.4 Å². The van der Waals surface area contributed by atoms with Gasteiger partial charge in [0, 0.05) is 10.2 Å². The number of aliphatic carboxylic acids is 1. The Balaban J connectivity index is 2.00. The Hall–Kier alpha value is -1.36. The van der Waals surface area contributed by atoms with Crippen LogP contribution in [0.2, 0.25) is 0 Å². The first kappa shape index (κ1) is 12.1. The average molecular weight is 298 g/mol. The van der Waals surface area contributed by atoms with Gasteiger partial charge in [0.1, 0.15) is 0 Å². The van der Waals surface area contributed by atoms with Crippen molar-refractivity contribution in [3.8, 4) is 0 Å². The van der Waals surface area contributed by atoms with Crippen molar-refractivity contribution in [2.75, 3.05) is 5.32 Å². The summed E-state index contributed by atoms with van der Waals surface area (Å²) in [6, 6.07) is 5.50. The molecule has 1 aromatic rings. The van der Waals surface area contributed by atoms with E-state index in [0.29, 0.717) is 12.1 Å². The maximum Gasteiger partial charge on any atom is 0.307 e. The number of halogens is 1. The van der Waals surface area contributed by atoms with Crippen molar-refractivity contribution in [2.45, 2.75) is 13.3 Å². The van der Waals surface area contributed by atoms with Crippen LogP contribution in [0.3, 0.4) is 0 Å². The molecule has 0 bridgehead atoms. The minimum absolute atomic E-state index is 0.215. The van der Waals surface area contributed by atoms with Gasteiger partial charge >= 0.3 is 5.97 Å². The maximum absolute atomic E-state index is 11.7. The van der Waals surface area contributed by atoms with E-state index in [2.05, 4.69) is 21.2 Å². The highest BCUT2D eigenvalue weighted by atomic mass is 79.9. The zero-order valence-electron chi connectivity index (χ0n) is 9.24. The normalized spacial score (nSPS) is 22.0. The first-order valence-corrected chi connectivity index (χ1v) is 6.08. The second kappa shape index (κ2) is 4.49. The van der Waals surface area contributed by atoms with Gasteiger partial charge in [0.15, 0.2) is 0 Å². The Kier molecular flexibility index (Phi) is 3.19. The van der Waals surface area contributed by atoms with Crippen molar-refractivity contribution in [3.63, 3.8) is 0 Å². The molecule has 0 aromatic heterocycles. The van der Waals surface area contributed by atoms with E-state index in [0.717, 1.165) is 10.0 Å². The fourth-order valence-corrected chi connectivity index (χ4v) is 2.04. The molecule has 1 saturated carbocycles. The van der Waals surface area contributed by atoms with Gasteiger partial charge in [0.2, 0.25) is 5.91 Å². The van der Waals surface area contributed by atoms with Crippen molar-refractivity contribution in [2.24, 2.45) is 11.8 Å². The van der Waals surface area contributed by atoms with Crippen LogP contribution in [0.4, 0.5) is 5.69 Å². The zero-order chi connectivity index (χ0) is 12.6. The Bertz CT molecular complexity index is 487. The molecule has 2 atom stereocenters. The number of carboxylic acid groups (broad SMARTS) is 1. The summed E-state index contributed by atoms with van der Waals surface area (Å²) in [4.78, 5) is 22.3. The Morgan fingerprint density at radius 1 is 1.41 bits per heavy atom. The van der Waals surface area contributed by atoms with Gasteiger partial charge in [-0.3, -0.25) is 9.59 Å². The summed E-state index contributed by atoms with van der Waals surface area (Å²) >= 11 is 3.38. The summed E-state index contributed by atoms with van der Waals surface area (Å²) in [5.41, 5.74) is 1.77. The predicted molar refractivity (Wildman–Crippen MR) is 66.7 cm³/mol. The van der Waals surface area contributed by atoms with Gasteiger partial charge in [0.05, 0.1) is 11.8 Å². The third-order valence-electron chi connectivity index (χ3n) is 2.88. The lowest BCUT2D eigenvalue weighted by Crippen LogP contribution is -2.16. The lowest BCUT2D eigenvalue weighted by atomic mass is 10.2. The molecule has 2 rings (SSSR count). The summed E-state index contributed by atoms with van der Waals surface area (Å²) in [5.74, 6) is -2.00. The maximum atomic E-state index is 11.7. The number of carbonyl (C=O) groups excluding carboxylic acids is 1. The zero-order valence-corrected chi connectivity index (χ0v) is 10.8. The molecule has 4 nitrogen and oxygen atoms in total. The molecule has 1 amide bonds. The van der Waals surface area contributed by atoms with Gasteiger partial charge in [-0.1, -0.05) is 22.0 Å². The van der Waals surface area contributed by atoms with Crippen molar-refractivity contribution in [1.29, 1.82) is 0 Å². The van der Waals surface area contributed by atoms with Crippen LogP contribution >= 0.6 is 15.9 Å². The molecule has 0 heterocycles. The van der Waals surface area contributed by atoms with Gasteiger partial charge in [-0.15, -0.1) is 0 Å². The van der Waals surface area contributed by atoms with Gasteiger partial charge < -0.3 is 10.4 Å². The summed E-state index contributed by atoms with van der Waals surface area (Å²) < 4.78 is 0.917. The number of aryl methyl sites for hydroxylation is 1. The standard InChI is InChI=1S/C12H12BrNO3/c1-6-2-3-7(4-10(6)13)14-11(15)8-5-9(8)12(16)17/h2-4,8-9H,5H2,1H3,(H,14,15)(H,16,17)/t8-,9+/m1/s1. The highest BCUT2D eigenvalue weighted by molar-refractivity contribution is 9.10. The van der Waals surface area contributed by atoms with Crippen molar-refractivity contribution < 1.29 is 14.7 Å². The lowest BCUT2D eigenvalue weighted by Gasteiger charge is -2.06. The van der Waals surface area contributed by atoms with Crippen LogP contribution in [0.1, 0.15) is 12.0 Å². The van der Waals surface area contributed by atoms with Crippen LogP contribution in [-0.2, 0) is 9.59 Å². The van der Waals surface area contributed by atoms with E-state index in [-0.39, 0.29) is 11.8 Å². The molecule has 5 heteroatoms. The van der Waals surface area contributed by atoms with E-state index in [1.807, 2.05) is 19.1 Å². The van der Waals surface area contributed by atoms with Crippen molar-refractivity contribution in [1.82, 2.24) is 0 Å². The number of amides is 1. The molecule has 0 aliphatic heterocycles. The first-order chi connectivity index (χ1) is 7.99. The lowest BCUT2D eigenvalue weighted by molar-refractivity contribution is -0.139. The SMILES string of the molecule is Cc1ccc(NC(=O)[C@@H]2C[C@@H]2C(=O)O)cc1Br. The molecule has 90 valence electrons. The van der Waals surface area contributed by atoms with Crippen LogP contribution in [0.15, 0.2) is 22.7 Å². The molecular weight excluding hydrogens is 286 g/mol. The number of benzene rings is 1. The minimum atomic E-state index is -0.893. The molecule has 0 unspecified atom stereocenters. The highest BCUT2D eigenvalue weighted by Gasteiger charge is 2.48. The second-order valence-corrected chi connectivity index (χ2v) is 5.09. The number of hydrogen-bond acceptors (Lipinski definition) is 2. The smallest absolute Gasteiger partial charge is 0.307 e. The summed E-state index contributed by atoms with van der Waals surface area (Å²) in [6.07, 6.45) is 0.439. The average Bonchev–Trinajstić information content (AvgIpc) is 3.03. The number of hydrogen-bond donors (Lipinski definition) is 2. The summed E-state index contributed by atoms with van der Waals surface area (Å²) in [7, 11) is 0. The molecule has 0 radical (unpaired) electrons. The third-order valence-corrected chi connectivity index (χ3v) is 3.74. The Morgan fingerprint density at radius 3 is 2.65 bits per heavy atom. The quantitative estimate of drug-likeness (QED) is 0.900. The van der Waals surface area contributed by atoms with Crippen LogP contribution < -0.4 is 5.32 Å². The summed E-state index contributed by atoms with van der Waals surface area (Å²) in [5, 5.41) is 11.5. The van der Waals surface area contributed by atoms with Gasteiger partial charge in [-0.2, -0.15) is 0 Å². The molecule has 0 spiro atoms. The monoisotopic (exact) mass is 297 g/mol. The first-order valence-electron chi connectivity index (χ1n) is 5.29. The molecule has 1 aliphatic carbocycles. The minimum Gasteiger partial charge on any atom is -0.481 e. The third kappa shape index (κ3) is 2.66. The molecular formula is C12H12BrNO3. The van der Waals surface area contributed by atoms with E-state index in [4.69, 9.17) is 5.11 Å². The van der Waals surface area contributed by atoms with E-state index in [9.17, 15) is 9.59 Å². The van der Waals surface area contributed by atoms with Crippen molar-refractivity contribution >= 4 is 33.5 Å². The van der Waals surface area contributed by atoms with Gasteiger partial charge in [-0.05, 0) is 31.0 Å². The van der Waals surface area contributed by atoms with Crippen LogP contribution in [0.5, 0.6) is 0 Å². The molecule has 1 fully saturated rings. The Morgan fingerprint density at radius 2 is 2.12 bits per heavy atom. The number of carboxylic acids is 1. The largest absolute Gasteiger partial charge is 0.481 e. The molecule has 1 aliphatic rings. The highest BCUT2D eigenvalue weighted by Crippen LogP contribution is 2.39. The fraction of sp³-hybridized carbons (Fsp3) is 0.333. The Labute approximate surface area is 107 Å². The van der Waals surface area contributed by atoms with Gasteiger partial charge in [0.25, 0.3) is 0 Å². The van der Waals surface area contributed by atoms with E-state index < -0.39 is 11.9 Å². The molecule has 0 saturated heterocycles. The second-order valence-electron chi connectivity index (χ2n) is 4.24. The number of rotatable bonds is 3. The van der Waals surface area contributed by atoms with Crippen LogP contribution in [0.25, 0.3) is 0 Å². The number of carbonyl (C=O) groups is 2. The summed E-state index contributed by atoms with van der Waals surface area (Å²) in [6.45, 7) is 1.96. The number of anilines is 1. The molecule has 17 heavy (non-hydrogen) atoms. The number of nitrogens with one attached hydrogen (secondary N) is 1. The van der Waals surface area contributed by atoms with Crippen LogP contribution in [-0.4, -0.2) is 17.0 Å². The van der Waals surface area contributed by atoms with E-state index in [1.165, 1.54) is 0 Å². The molecule has 1 aromatic carbocycles. The van der Waals surface area contributed by atoms with Gasteiger partial charge in [-0.25, -0.2) is 0 Å².